The third-order valence-electron chi connectivity index (χ3n) is 3.78. The molecule has 0 aliphatic heterocycles. The van der Waals surface area contributed by atoms with Crippen LogP contribution in [0.4, 0.5) is 18.9 Å². The lowest BCUT2D eigenvalue weighted by atomic mass is 10.2. The molecule has 2 aromatic carbocycles. The maximum atomic E-state index is 13.0. The molecule has 3 aromatic rings. The van der Waals surface area contributed by atoms with E-state index in [1.807, 2.05) is 6.07 Å². The van der Waals surface area contributed by atoms with Crippen LogP contribution in [0.25, 0.3) is 5.69 Å². The van der Waals surface area contributed by atoms with Gasteiger partial charge in [-0.3, -0.25) is 15.6 Å². The van der Waals surface area contributed by atoms with E-state index in [1.54, 1.807) is 31.2 Å². The second kappa shape index (κ2) is 7.32. The molecule has 0 fully saturated rings. The third-order valence-corrected chi connectivity index (χ3v) is 4.12. The first-order valence-corrected chi connectivity index (χ1v) is 8.20. The molecule has 2 N–H and O–H groups in total. The second-order valence-electron chi connectivity index (χ2n) is 5.62. The van der Waals surface area contributed by atoms with E-state index in [0.717, 1.165) is 6.07 Å². The number of para-hydroxylation sites is 2. The summed E-state index contributed by atoms with van der Waals surface area (Å²) >= 11 is 6.28. The van der Waals surface area contributed by atoms with Gasteiger partial charge in [0.25, 0.3) is 5.91 Å². The zero-order chi connectivity index (χ0) is 19.6. The normalized spacial score (nSPS) is 11.3. The van der Waals surface area contributed by atoms with Gasteiger partial charge >= 0.3 is 6.18 Å². The van der Waals surface area contributed by atoms with E-state index in [9.17, 15) is 18.0 Å². The van der Waals surface area contributed by atoms with Gasteiger partial charge in [-0.15, -0.1) is 0 Å². The number of benzene rings is 2. The predicted octanol–water partition coefficient (Wildman–Crippen LogP) is 4.61. The number of hydrogen-bond acceptors (Lipinski definition) is 3. The summed E-state index contributed by atoms with van der Waals surface area (Å²) in [6.07, 6.45) is -4.56. The quantitative estimate of drug-likeness (QED) is 0.635. The molecule has 0 saturated carbocycles. The van der Waals surface area contributed by atoms with Crippen molar-refractivity contribution in [1.82, 2.24) is 15.2 Å². The van der Waals surface area contributed by atoms with E-state index in [2.05, 4.69) is 16.0 Å². The largest absolute Gasteiger partial charge is 0.418 e. The first kappa shape index (κ1) is 18.8. The second-order valence-corrected chi connectivity index (χ2v) is 5.98. The number of carbonyl (C=O) groups is 1. The van der Waals surface area contributed by atoms with Crippen molar-refractivity contribution in [1.29, 1.82) is 0 Å². The Morgan fingerprint density at radius 3 is 2.37 bits per heavy atom. The van der Waals surface area contributed by atoms with E-state index < -0.39 is 17.6 Å². The highest BCUT2D eigenvalue weighted by Crippen LogP contribution is 2.34. The average Bonchev–Trinajstić information content (AvgIpc) is 2.94. The number of nitrogens with zero attached hydrogens (tertiary/aromatic N) is 2. The van der Waals surface area contributed by atoms with E-state index >= 15 is 0 Å². The van der Waals surface area contributed by atoms with Gasteiger partial charge in [-0.1, -0.05) is 41.9 Å². The monoisotopic (exact) mass is 394 g/mol. The Morgan fingerprint density at radius 1 is 1.07 bits per heavy atom. The molecule has 0 bridgehead atoms. The summed E-state index contributed by atoms with van der Waals surface area (Å²) in [6, 6.07) is 13.7. The molecule has 0 aliphatic carbocycles. The molecule has 1 amide bonds. The Labute approximate surface area is 157 Å². The van der Waals surface area contributed by atoms with Crippen LogP contribution in [0.1, 0.15) is 21.6 Å². The van der Waals surface area contributed by atoms with Crippen molar-refractivity contribution in [3.8, 4) is 5.69 Å². The van der Waals surface area contributed by atoms with Gasteiger partial charge in [0.2, 0.25) is 0 Å². The summed E-state index contributed by atoms with van der Waals surface area (Å²) in [5.41, 5.74) is 4.44. The molecule has 0 spiro atoms. The van der Waals surface area contributed by atoms with E-state index in [-0.39, 0.29) is 16.4 Å². The number of carbonyl (C=O) groups excluding carboxylic acids is 1. The number of amides is 1. The van der Waals surface area contributed by atoms with Crippen LogP contribution in [0.5, 0.6) is 0 Å². The Kier molecular flexibility index (Phi) is 5.09. The fourth-order valence-corrected chi connectivity index (χ4v) is 2.88. The Bertz CT molecular complexity index is 970. The maximum absolute atomic E-state index is 13.0. The maximum Gasteiger partial charge on any atom is 0.418 e. The van der Waals surface area contributed by atoms with Gasteiger partial charge in [0.15, 0.2) is 0 Å². The summed E-state index contributed by atoms with van der Waals surface area (Å²) in [6.45, 7) is 1.59. The van der Waals surface area contributed by atoms with E-state index in [4.69, 9.17) is 11.6 Å². The van der Waals surface area contributed by atoms with Crippen LogP contribution < -0.4 is 10.9 Å². The molecule has 1 heterocycles. The summed E-state index contributed by atoms with van der Waals surface area (Å²) < 4.78 is 40.5. The van der Waals surface area contributed by atoms with Crippen LogP contribution >= 0.6 is 11.6 Å². The van der Waals surface area contributed by atoms with Crippen LogP contribution in [0.15, 0.2) is 54.6 Å². The molecule has 0 atom stereocenters. The average molecular weight is 395 g/mol. The first-order valence-electron chi connectivity index (χ1n) is 7.82. The smallest absolute Gasteiger partial charge is 0.298 e. The fraction of sp³-hybridized carbons (Fsp3) is 0.111. The number of rotatable bonds is 4. The Balaban J connectivity index is 1.84. The number of anilines is 1. The van der Waals surface area contributed by atoms with E-state index in [1.165, 1.54) is 22.9 Å². The summed E-state index contributed by atoms with van der Waals surface area (Å²) in [5, 5.41) is 4.29. The molecule has 27 heavy (non-hydrogen) atoms. The molecule has 140 valence electrons. The SMILES string of the molecule is Cc1nn(-c2ccccc2)c(Cl)c1C(=O)NNc1ccccc1C(F)(F)F. The number of hydrogen-bond donors (Lipinski definition) is 2. The van der Waals surface area contributed by atoms with E-state index in [0.29, 0.717) is 11.4 Å². The highest BCUT2D eigenvalue weighted by atomic mass is 35.5. The van der Waals surface area contributed by atoms with Gasteiger partial charge in [-0.25, -0.2) is 4.68 Å². The third kappa shape index (κ3) is 3.90. The van der Waals surface area contributed by atoms with Crippen LogP contribution in [0.3, 0.4) is 0 Å². The molecule has 0 radical (unpaired) electrons. The van der Waals surface area contributed by atoms with Crippen molar-refractivity contribution in [3.63, 3.8) is 0 Å². The topological polar surface area (TPSA) is 59.0 Å². The molecule has 1 aromatic heterocycles. The molecular formula is C18H14ClF3N4O. The van der Waals surface area contributed by atoms with Crippen LogP contribution in [0, 0.1) is 6.92 Å². The van der Waals surface area contributed by atoms with Crippen LogP contribution in [-0.2, 0) is 6.18 Å². The Morgan fingerprint density at radius 2 is 1.70 bits per heavy atom. The van der Waals surface area contributed by atoms with Gasteiger partial charge in [-0.2, -0.15) is 18.3 Å². The lowest BCUT2D eigenvalue weighted by Gasteiger charge is -2.14. The lowest BCUT2D eigenvalue weighted by Crippen LogP contribution is -2.31. The van der Waals surface area contributed by atoms with Gasteiger partial charge in [0, 0.05) is 0 Å². The number of aromatic nitrogens is 2. The molecule has 0 saturated heterocycles. The number of halogens is 4. The van der Waals surface area contributed by atoms with Crippen molar-refractivity contribution in [2.24, 2.45) is 0 Å². The highest BCUT2D eigenvalue weighted by Gasteiger charge is 2.33. The minimum Gasteiger partial charge on any atom is -0.298 e. The summed E-state index contributed by atoms with van der Waals surface area (Å²) in [7, 11) is 0. The minimum absolute atomic E-state index is 0.0575. The minimum atomic E-state index is -4.56. The highest BCUT2D eigenvalue weighted by molar-refractivity contribution is 6.33. The number of nitrogens with one attached hydrogen (secondary N) is 2. The zero-order valence-corrected chi connectivity index (χ0v) is 14.8. The molecule has 0 unspecified atom stereocenters. The Hall–Kier alpha value is -3.00. The fourth-order valence-electron chi connectivity index (χ4n) is 2.52. The molecule has 0 aliphatic rings. The first-order chi connectivity index (χ1) is 12.8. The van der Waals surface area contributed by atoms with Crippen molar-refractivity contribution < 1.29 is 18.0 Å². The summed E-state index contributed by atoms with van der Waals surface area (Å²) in [4.78, 5) is 12.5. The zero-order valence-electron chi connectivity index (χ0n) is 14.0. The van der Waals surface area contributed by atoms with Gasteiger partial charge < -0.3 is 0 Å². The van der Waals surface area contributed by atoms with Crippen LogP contribution in [-0.4, -0.2) is 15.7 Å². The summed E-state index contributed by atoms with van der Waals surface area (Å²) in [5.74, 6) is -0.698. The van der Waals surface area contributed by atoms with Crippen molar-refractivity contribution in [2.75, 3.05) is 5.43 Å². The molecule has 3 rings (SSSR count). The number of alkyl halides is 3. The number of aryl methyl sites for hydroxylation is 1. The van der Waals surface area contributed by atoms with Crippen LogP contribution in [0.2, 0.25) is 5.15 Å². The lowest BCUT2D eigenvalue weighted by molar-refractivity contribution is -0.137. The van der Waals surface area contributed by atoms with Gasteiger partial charge in [0.05, 0.1) is 22.6 Å². The van der Waals surface area contributed by atoms with Crippen molar-refractivity contribution >= 4 is 23.2 Å². The van der Waals surface area contributed by atoms with Crippen molar-refractivity contribution in [3.05, 3.63) is 76.6 Å². The van der Waals surface area contributed by atoms with Crippen molar-refractivity contribution in [2.45, 2.75) is 13.1 Å². The van der Waals surface area contributed by atoms with Gasteiger partial charge in [-0.05, 0) is 31.2 Å². The standard InChI is InChI=1S/C18H14ClF3N4O/c1-11-15(16(19)26(25-11)12-7-3-2-4-8-12)17(27)24-23-14-10-6-5-9-13(14)18(20,21)22/h2-10,23H,1H3,(H,24,27). The number of hydrazine groups is 1. The predicted molar refractivity (Wildman–Crippen MR) is 95.8 cm³/mol. The molecular weight excluding hydrogens is 381 g/mol. The molecule has 5 nitrogen and oxygen atoms in total. The molecule has 9 heteroatoms. The van der Waals surface area contributed by atoms with Gasteiger partial charge in [0.1, 0.15) is 10.7 Å².